The van der Waals surface area contributed by atoms with Gasteiger partial charge < -0.3 is 20.0 Å². The number of fused-ring (bicyclic) bond motifs is 3. The van der Waals surface area contributed by atoms with E-state index in [0.29, 0.717) is 28.4 Å². The van der Waals surface area contributed by atoms with Gasteiger partial charge in [0.2, 0.25) is 12.3 Å². The molecule has 0 saturated carbocycles. The van der Waals surface area contributed by atoms with Gasteiger partial charge in [-0.15, -0.1) is 21.5 Å². The predicted molar refractivity (Wildman–Crippen MR) is 103 cm³/mol. The molecule has 2 aromatic heterocycles. The Morgan fingerprint density at radius 2 is 2.20 bits per heavy atom. The lowest BCUT2D eigenvalue weighted by Crippen LogP contribution is -2.20. The number of benzene rings is 1. The molecule has 1 amide bonds. The minimum atomic E-state index is -3.29. The summed E-state index contributed by atoms with van der Waals surface area (Å²) in [5.74, 6) is 1.98. The standard InChI is InChI=1S/C16H12F2N2O3S.C3H4N2O/c1-8(21)2-3-9-4-5-11-10(6-9)12-13(16(17,18)7-23-11)24-15(20-12)14(19)22;1-3-5-4-2-6-3/h4-6,8,21H,7H2,1H3,(H2,19,22);2H,1H3/t8-;/m1./s1. The molecular formula is C19H16F2N4O4S. The van der Waals surface area contributed by atoms with Gasteiger partial charge in [0.15, 0.2) is 11.6 Å². The summed E-state index contributed by atoms with van der Waals surface area (Å²) in [4.78, 5) is 14.9. The average molecular weight is 434 g/mol. The molecule has 1 atom stereocenters. The lowest BCUT2D eigenvalue weighted by Gasteiger charge is -2.12. The molecule has 0 saturated heterocycles. The van der Waals surface area contributed by atoms with E-state index >= 15 is 0 Å². The van der Waals surface area contributed by atoms with E-state index in [1.165, 1.54) is 25.5 Å². The van der Waals surface area contributed by atoms with Crippen molar-refractivity contribution in [2.45, 2.75) is 25.9 Å². The Morgan fingerprint density at radius 1 is 1.43 bits per heavy atom. The van der Waals surface area contributed by atoms with Crippen LogP contribution < -0.4 is 10.5 Å². The molecule has 0 spiro atoms. The number of nitrogens with two attached hydrogens (primary N) is 1. The molecule has 0 unspecified atom stereocenters. The van der Waals surface area contributed by atoms with Gasteiger partial charge in [0.1, 0.15) is 16.7 Å². The van der Waals surface area contributed by atoms with Gasteiger partial charge >= 0.3 is 5.92 Å². The monoisotopic (exact) mass is 434 g/mol. The van der Waals surface area contributed by atoms with Gasteiger partial charge in [0, 0.05) is 18.1 Å². The van der Waals surface area contributed by atoms with E-state index in [1.54, 1.807) is 13.0 Å². The predicted octanol–water partition coefficient (Wildman–Crippen LogP) is 2.50. The molecule has 0 fully saturated rings. The van der Waals surface area contributed by atoms with Crippen LogP contribution in [0.15, 0.2) is 29.0 Å². The number of aromatic nitrogens is 3. The molecule has 8 nitrogen and oxygen atoms in total. The molecule has 3 aromatic rings. The highest BCUT2D eigenvalue weighted by molar-refractivity contribution is 7.14. The average Bonchev–Trinajstić information content (AvgIpc) is 3.33. The molecule has 0 aliphatic carbocycles. The quantitative estimate of drug-likeness (QED) is 0.564. The molecule has 4 rings (SSSR count). The van der Waals surface area contributed by atoms with Crippen LogP contribution in [0.2, 0.25) is 0 Å². The number of carbonyl (C=O) groups excluding carboxylic acids is 1. The van der Waals surface area contributed by atoms with Crippen molar-refractivity contribution >= 4 is 17.2 Å². The molecule has 0 bridgehead atoms. The number of thiazole rings is 1. The number of aryl methyl sites for hydroxylation is 1. The molecule has 30 heavy (non-hydrogen) atoms. The van der Waals surface area contributed by atoms with Crippen molar-refractivity contribution in [2.24, 2.45) is 5.73 Å². The number of halogens is 2. The molecule has 11 heteroatoms. The second kappa shape index (κ2) is 8.56. The van der Waals surface area contributed by atoms with E-state index in [9.17, 15) is 18.7 Å². The number of hydrogen-bond donors (Lipinski definition) is 2. The lowest BCUT2D eigenvalue weighted by atomic mass is 10.1. The van der Waals surface area contributed by atoms with Gasteiger partial charge in [-0.3, -0.25) is 4.79 Å². The van der Waals surface area contributed by atoms with E-state index in [4.69, 9.17) is 10.5 Å². The van der Waals surface area contributed by atoms with Crippen LogP contribution in [0.3, 0.4) is 0 Å². The van der Waals surface area contributed by atoms with Crippen LogP contribution in [0.5, 0.6) is 5.75 Å². The first-order chi connectivity index (χ1) is 14.2. The Labute approximate surface area is 173 Å². The summed E-state index contributed by atoms with van der Waals surface area (Å²) in [5, 5.41) is 15.9. The van der Waals surface area contributed by atoms with Crippen LogP contribution in [0.4, 0.5) is 8.78 Å². The maximum atomic E-state index is 14.3. The number of aliphatic hydroxyl groups excluding tert-OH is 1. The molecule has 1 aliphatic rings. The lowest BCUT2D eigenvalue weighted by molar-refractivity contribution is -0.0412. The zero-order valence-electron chi connectivity index (χ0n) is 15.8. The molecular weight excluding hydrogens is 418 g/mol. The summed E-state index contributed by atoms with van der Waals surface area (Å²) in [6.07, 6.45) is 0.482. The van der Waals surface area contributed by atoms with Gasteiger partial charge in [-0.25, -0.2) is 4.98 Å². The number of amides is 1. The third-order valence-corrected chi connectivity index (χ3v) is 4.89. The SMILES string of the molecule is C[C@@H](O)C#Cc1ccc2c(c1)-c1nc(C(N)=O)sc1C(F)(F)CO2.Cc1nnco1. The number of rotatable bonds is 1. The van der Waals surface area contributed by atoms with Crippen molar-refractivity contribution in [3.8, 4) is 28.8 Å². The molecule has 3 heterocycles. The van der Waals surface area contributed by atoms with Crippen molar-refractivity contribution in [1.29, 1.82) is 0 Å². The topological polar surface area (TPSA) is 124 Å². The van der Waals surface area contributed by atoms with Gasteiger partial charge in [-0.05, 0) is 25.1 Å². The maximum absolute atomic E-state index is 14.3. The number of primary amides is 1. The van der Waals surface area contributed by atoms with Crippen molar-refractivity contribution in [3.63, 3.8) is 0 Å². The molecule has 1 aliphatic heterocycles. The second-order valence-electron chi connectivity index (χ2n) is 6.17. The number of carbonyl (C=O) groups is 1. The zero-order valence-corrected chi connectivity index (χ0v) is 16.7. The highest BCUT2D eigenvalue weighted by Gasteiger charge is 2.42. The fraction of sp³-hybridized carbons (Fsp3) is 0.263. The maximum Gasteiger partial charge on any atom is 0.317 e. The summed E-state index contributed by atoms with van der Waals surface area (Å²) in [6.45, 7) is 2.40. The fourth-order valence-corrected chi connectivity index (χ4v) is 3.32. The van der Waals surface area contributed by atoms with Gasteiger partial charge in [0.25, 0.3) is 5.91 Å². The molecule has 1 aromatic carbocycles. The van der Waals surface area contributed by atoms with Crippen LogP contribution in [0.25, 0.3) is 11.3 Å². The Bertz CT molecular complexity index is 1120. The van der Waals surface area contributed by atoms with E-state index < -0.39 is 24.5 Å². The van der Waals surface area contributed by atoms with Crippen LogP contribution >= 0.6 is 11.3 Å². The van der Waals surface area contributed by atoms with Crippen molar-refractivity contribution in [2.75, 3.05) is 6.61 Å². The first-order valence-electron chi connectivity index (χ1n) is 8.56. The Morgan fingerprint density at radius 3 is 2.77 bits per heavy atom. The van der Waals surface area contributed by atoms with Crippen LogP contribution in [0, 0.1) is 18.8 Å². The van der Waals surface area contributed by atoms with Gasteiger partial charge in [-0.1, -0.05) is 11.8 Å². The van der Waals surface area contributed by atoms with E-state index in [2.05, 4.69) is 31.4 Å². The highest BCUT2D eigenvalue weighted by atomic mass is 32.1. The minimum Gasteiger partial charge on any atom is -0.486 e. The number of ether oxygens (including phenoxy) is 1. The van der Waals surface area contributed by atoms with E-state index in [0.717, 1.165) is 0 Å². The first kappa shape index (κ1) is 21.4. The van der Waals surface area contributed by atoms with Gasteiger partial charge in [-0.2, -0.15) is 8.78 Å². The highest BCUT2D eigenvalue weighted by Crippen LogP contribution is 2.46. The normalized spacial score (nSPS) is 14.4. The number of aliphatic hydroxyl groups is 1. The van der Waals surface area contributed by atoms with Crippen molar-refractivity contribution in [3.05, 3.63) is 45.9 Å². The number of alkyl halides is 2. The third-order valence-electron chi connectivity index (χ3n) is 3.71. The summed E-state index contributed by atoms with van der Waals surface area (Å²) >= 11 is 0.560. The van der Waals surface area contributed by atoms with Gasteiger partial charge in [0.05, 0.1) is 5.69 Å². The second-order valence-corrected chi connectivity index (χ2v) is 7.17. The summed E-state index contributed by atoms with van der Waals surface area (Å²) in [6, 6.07) is 4.64. The molecule has 156 valence electrons. The summed E-state index contributed by atoms with van der Waals surface area (Å²) < 4.78 is 38.4. The van der Waals surface area contributed by atoms with Crippen molar-refractivity contribution < 1.29 is 27.8 Å². The molecule has 0 radical (unpaired) electrons. The number of hydrogen-bond acceptors (Lipinski definition) is 8. The Balaban J connectivity index is 0.000000367. The first-order valence-corrected chi connectivity index (χ1v) is 9.37. The molecule has 3 N–H and O–H groups in total. The summed E-state index contributed by atoms with van der Waals surface area (Å²) in [7, 11) is 0. The van der Waals surface area contributed by atoms with Crippen LogP contribution in [-0.2, 0) is 5.92 Å². The minimum absolute atomic E-state index is 0.0352. The third kappa shape index (κ3) is 4.79. The smallest absolute Gasteiger partial charge is 0.317 e. The largest absolute Gasteiger partial charge is 0.486 e. The fourth-order valence-electron chi connectivity index (χ4n) is 2.42. The zero-order chi connectivity index (χ0) is 21.9. The van der Waals surface area contributed by atoms with Crippen LogP contribution in [0.1, 0.15) is 33.1 Å². The van der Waals surface area contributed by atoms with Crippen molar-refractivity contribution in [1.82, 2.24) is 15.2 Å². The summed E-state index contributed by atoms with van der Waals surface area (Å²) in [5.41, 5.74) is 5.94. The Kier molecular flexibility index (Phi) is 6.09. The van der Waals surface area contributed by atoms with E-state index in [-0.39, 0.29) is 21.3 Å². The van der Waals surface area contributed by atoms with E-state index in [1.807, 2.05) is 0 Å². The Hall–Kier alpha value is -3.36. The number of nitrogens with zero attached hydrogens (tertiary/aromatic N) is 3. The van der Waals surface area contributed by atoms with Crippen LogP contribution in [-0.4, -0.2) is 38.9 Å².